The number of epoxide rings is 1. The minimum atomic E-state index is 0.508. The molecule has 0 aliphatic carbocycles. The van der Waals surface area contributed by atoms with Gasteiger partial charge < -0.3 is 4.74 Å². The largest absolute Gasteiger partial charge is 0.372 e. The molecule has 0 amide bonds. The van der Waals surface area contributed by atoms with Gasteiger partial charge >= 0.3 is 0 Å². The molecule has 0 bridgehead atoms. The van der Waals surface area contributed by atoms with Crippen molar-refractivity contribution in [2.75, 3.05) is 12.4 Å². The minimum Gasteiger partial charge on any atom is -0.372 e. The third kappa shape index (κ3) is 2.51. The van der Waals surface area contributed by atoms with E-state index in [1.165, 1.54) is 4.90 Å². The van der Waals surface area contributed by atoms with Crippen LogP contribution in [0, 0.1) is 0 Å². The molecule has 0 radical (unpaired) electrons. The maximum Gasteiger partial charge on any atom is 0.0903 e. The van der Waals surface area contributed by atoms with Crippen molar-refractivity contribution in [3.05, 3.63) is 28.7 Å². The first-order chi connectivity index (χ1) is 5.84. The average molecular weight is 245 g/mol. The Hall–Kier alpha value is 0.01000. The molecule has 0 saturated carbocycles. The van der Waals surface area contributed by atoms with Crippen LogP contribution in [0.15, 0.2) is 33.6 Å². The summed E-state index contributed by atoms with van der Waals surface area (Å²) in [6.45, 7) is 0.945. The third-order valence-corrected chi connectivity index (χ3v) is 3.25. The number of rotatable bonds is 3. The summed E-state index contributed by atoms with van der Waals surface area (Å²) >= 11 is 5.29. The minimum absolute atomic E-state index is 0.508. The van der Waals surface area contributed by atoms with E-state index in [2.05, 4.69) is 34.1 Å². The van der Waals surface area contributed by atoms with Gasteiger partial charge in [-0.2, -0.15) is 0 Å². The Morgan fingerprint density at radius 3 is 3.08 bits per heavy atom. The molecule has 1 fully saturated rings. The number of ether oxygens (including phenoxy) is 1. The van der Waals surface area contributed by atoms with Crippen molar-refractivity contribution in [1.29, 1.82) is 0 Å². The van der Waals surface area contributed by atoms with Crippen LogP contribution >= 0.6 is 27.7 Å². The fourth-order valence-electron chi connectivity index (χ4n) is 0.910. The summed E-state index contributed by atoms with van der Waals surface area (Å²) < 4.78 is 6.27. The highest BCUT2D eigenvalue weighted by Crippen LogP contribution is 2.25. The summed E-state index contributed by atoms with van der Waals surface area (Å²) in [6.07, 6.45) is 0.508. The summed E-state index contributed by atoms with van der Waals surface area (Å²) in [5.74, 6) is 1.08. The van der Waals surface area contributed by atoms with Crippen molar-refractivity contribution in [3.8, 4) is 0 Å². The van der Waals surface area contributed by atoms with Gasteiger partial charge in [-0.25, -0.2) is 0 Å². The molecule has 1 aromatic rings. The SMILES string of the molecule is Brc1cccc(SCC2CO2)c1. The highest BCUT2D eigenvalue weighted by Gasteiger charge is 2.21. The standard InChI is InChI=1S/C9H9BrOS/c10-7-2-1-3-9(4-7)12-6-8-5-11-8/h1-4,8H,5-6H2. The van der Waals surface area contributed by atoms with Crippen LogP contribution < -0.4 is 0 Å². The molecule has 12 heavy (non-hydrogen) atoms. The van der Waals surface area contributed by atoms with E-state index in [0.29, 0.717) is 6.10 Å². The topological polar surface area (TPSA) is 12.5 Å². The first-order valence-electron chi connectivity index (χ1n) is 3.84. The summed E-state index contributed by atoms with van der Waals surface area (Å²) in [7, 11) is 0. The van der Waals surface area contributed by atoms with Crippen molar-refractivity contribution in [1.82, 2.24) is 0 Å². The molecule has 3 heteroatoms. The number of hydrogen-bond donors (Lipinski definition) is 0. The quantitative estimate of drug-likeness (QED) is 0.599. The molecule has 0 aromatic heterocycles. The number of benzene rings is 1. The van der Waals surface area contributed by atoms with Gasteiger partial charge in [-0.05, 0) is 18.2 Å². The molecule has 2 rings (SSSR count). The molecule has 1 unspecified atom stereocenters. The van der Waals surface area contributed by atoms with E-state index in [0.717, 1.165) is 16.8 Å². The monoisotopic (exact) mass is 244 g/mol. The summed E-state index contributed by atoms with van der Waals surface area (Å²) in [5.41, 5.74) is 0. The van der Waals surface area contributed by atoms with E-state index in [1.807, 2.05) is 17.8 Å². The van der Waals surface area contributed by atoms with Crippen LogP contribution in [0.1, 0.15) is 0 Å². The summed E-state index contributed by atoms with van der Waals surface area (Å²) in [6, 6.07) is 8.35. The van der Waals surface area contributed by atoms with Gasteiger partial charge in [0.1, 0.15) is 0 Å². The normalized spacial score (nSPS) is 20.9. The van der Waals surface area contributed by atoms with E-state index in [1.54, 1.807) is 0 Å². The van der Waals surface area contributed by atoms with Crippen molar-refractivity contribution in [2.24, 2.45) is 0 Å². The van der Waals surface area contributed by atoms with Crippen LogP contribution in [-0.2, 0) is 4.74 Å². The molecule has 1 atom stereocenters. The predicted octanol–water partition coefficient (Wildman–Crippen LogP) is 2.94. The molecular weight excluding hydrogens is 236 g/mol. The predicted molar refractivity (Wildman–Crippen MR) is 54.6 cm³/mol. The van der Waals surface area contributed by atoms with E-state index in [9.17, 15) is 0 Å². The molecule has 1 aromatic carbocycles. The van der Waals surface area contributed by atoms with E-state index in [4.69, 9.17) is 4.74 Å². The van der Waals surface area contributed by atoms with Crippen molar-refractivity contribution >= 4 is 27.7 Å². The molecule has 1 aliphatic rings. The lowest BCUT2D eigenvalue weighted by molar-refractivity contribution is 0.426. The van der Waals surface area contributed by atoms with Crippen molar-refractivity contribution < 1.29 is 4.74 Å². The smallest absolute Gasteiger partial charge is 0.0903 e. The van der Waals surface area contributed by atoms with E-state index < -0.39 is 0 Å². The van der Waals surface area contributed by atoms with Gasteiger partial charge in [-0.1, -0.05) is 22.0 Å². The van der Waals surface area contributed by atoms with Crippen LogP contribution in [0.2, 0.25) is 0 Å². The molecular formula is C9H9BrOS. The van der Waals surface area contributed by atoms with Gasteiger partial charge in [0.25, 0.3) is 0 Å². The lowest BCUT2D eigenvalue weighted by atomic mass is 10.4. The van der Waals surface area contributed by atoms with Crippen LogP contribution in [0.5, 0.6) is 0 Å². The second kappa shape index (κ2) is 3.81. The molecule has 1 nitrogen and oxygen atoms in total. The Balaban J connectivity index is 1.92. The zero-order valence-electron chi connectivity index (χ0n) is 6.50. The number of halogens is 1. The lowest BCUT2D eigenvalue weighted by Crippen LogP contribution is -1.87. The Kier molecular flexibility index (Phi) is 2.73. The summed E-state index contributed by atoms with van der Waals surface area (Å²) in [4.78, 5) is 1.31. The van der Waals surface area contributed by atoms with Crippen molar-refractivity contribution in [2.45, 2.75) is 11.0 Å². The van der Waals surface area contributed by atoms with Gasteiger partial charge in [-0.3, -0.25) is 0 Å². The Morgan fingerprint density at radius 1 is 1.58 bits per heavy atom. The third-order valence-electron chi connectivity index (χ3n) is 1.63. The highest BCUT2D eigenvalue weighted by atomic mass is 79.9. The van der Waals surface area contributed by atoms with Gasteiger partial charge in [0.2, 0.25) is 0 Å². The first-order valence-corrected chi connectivity index (χ1v) is 5.62. The van der Waals surface area contributed by atoms with Gasteiger partial charge in [-0.15, -0.1) is 11.8 Å². The van der Waals surface area contributed by atoms with Crippen molar-refractivity contribution in [3.63, 3.8) is 0 Å². The number of hydrogen-bond acceptors (Lipinski definition) is 2. The average Bonchev–Trinajstić information content (AvgIpc) is 2.84. The Labute approximate surface area is 84.6 Å². The lowest BCUT2D eigenvalue weighted by Gasteiger charge is -1.98. The van der Waals surface area contributed by atoms with Gasteiger partial charge in [0, 0.05) is 15.1 Å². The van der Waals surface area contributed by atoms with Crippen LogP contribution in [0.4, 0.5) is 0 Å². The molecule has 1 heterocycles. The van der Waals surface area contributed by atoms with Gasteiger partial charge in [0.05, 0.1) is 12.7 Å². The molecule has 0 N–H and O–H groups in total. The maximum absolute atomic E-state index is 5.13. The molecule has 64 valence electrons. The van der Waals surface area contributed by atoms with E-state index >= 15 is 0 Å². The second-order valence-electron chi connectivity index (χ2n) is 2.72. The summed E-state index contributed by atoms with van der Waals surface area (Å²) in [5, 5.41) is 0. The zero-order chi connectivity index (χ0) is 8.39. The molecule has 1 aliphatic heterocycles. The molecule has 0 spiro atoms. The van der Waals surface area contributed by atoms with E-state index in [-0.39, 0.29) is 0 Å². The van der Waals surface area contributed by atoms with Crippen LogP contribution in [0.25, 0.3) is 0 Å². The Bertz CT molecular complexity index is 273. The first kappa shape index (κ1) is 8.60. The fourth-order valence-corrected chi connectivity index (χ4v) is 2.42. The fraction of sp³-hybridized carbons (Fsp3) is 0.333. The Morgan fingerprint density at radius 2 is 2.42 bits per heavy atom. The highest BCUT2D eigenvalue weighted by molar-refractivity contribution is 9.10. The maximum atomic E-state index is 5.13. The zero-order valence-corrected chi connectivity index (χ0v) is 8.90. The number of thioether (sulfide) groups is 1. The molecule has 1 saturated heterocycles. The second-order valence-corrected chi connectivity index (χ2v) is 4.73. The van der Waals surface area contributed by atoms with Gasteiger partial charge in [0.15, 0.2) is 0 Å². The van der Waals surface area contributed by atoms with Crippen LogP contribution in [0.3, 0.4) is 0 Å². The van der Waals surface area contributed by atoms with Crippen LogP contribution in [-0.4, -0.2) is 18.5 Å².